The van der Waals surface area contributed by atoms with Crippen molar-refractivity contribution >= 4 is 39.3 Å². The number of carbonyl (C=O) groups excluding carboxylic acids is 1. The number of carbonyl (C=O) groups is 1. The fourth-order valence-electron chi connectivity index (χ4n) is 2.45. The number of anilines is 1. The molecule has 128 valence electrons. The number of nitrogens with zero attached hydrogens (tertiary/aromatic N) is 2. The fraction of sp³-hybridized carbons (Fsp3) is 0.400. The van der Waals surface area contributed by atoms with Crippen molar-refractivity contribution in [2.75, 3.05) is 17.7 Å². The molecule has 0 radical (unpaired) electrons. The van der Waals surface area contributed by atoms with Crippen molar-refractivity contribution in [1.29, 1.82) is 0 Å². The number of hydrogen-bond donors (Lipinski definition) is 2. The molecule has 2 heterocycles. The Bertz CT molecular complexity index is 770. The van der Waals surface area contributed by atoms with Gasteiger partial charge in [0.25, 0.3) is 0 Å². The smallest absolute Gasteiger partial charge is 0.344 e. The Balaban J connectivity index is 1.59. The molecule has 0 bridgehead atoms. The summed E-state index contributed by atoms with van der Waals surface area (Å²) in [5, 5.41) is 9.75. The normalized spacial score (nSPS) is 17.1. The van der Waals surface area contributed by atoms with Crippen LogP contribution in [0.5, 0.6) is 0 Å². The topological polar surface area (TPSA) is 89.0 Å². The van der Waals surface area contributed by atoms with Crippen molar-refractivity contribution in [2.24, 2.45) is 0 Å². The number of thioether (sulfide) groups is 1. The number of halogens is 1. The summed E-state index contributed by atoms with van der Waals surface area (Å²) in [7, 11) is 0. The first-order valence-electron chi connectivity index (χ1n) is 7.57. The van der Waals surface area contributed by atoms with E-state index in [0.29, 0.717) is 17.4 Å². The standard InChI is InChI=1S/C15H17BrN4O3S/c16-11-5-1-2-6-12(11)17-13(21)9-24-15-19-18-14(22)20(15)8-10-4-3-7-23-10/h1-2,5-6,10H,3-4,7-9H2,(H,17,21)(H,18,22)/t10-/m0/s1. The van der Waals surface area contributed by atoms with Crippen LogP contribution in [0.2, 0.25) is 0 Å². The number of nitrogens with one attached hydrogen (secondary N) is 2. The zero-order chi connectivity index (χ0) is 16.9. The maximum atomic E-state index is 12.1. The van der Waals surface area contributed by atoms with Gasteiger partial charge in [-0.2, -0.15) is 0 Å². The monoisotopic (exact) mass is 412 g/mol. The lowest BCUT2D eigenvalue weighted by atomic mass is 10.2. The highest BCUT2D eigenvalue weighted by Crippen LogP contribution is 2.22. The second-order valence-corrected chi connectivity index (χ2v) is 7.17. The Kier molecular flexibility index (Phi) is 5.75. The lowest BCUT2D eigenvalue weighted by Crippen LogP contribution is -2.25. The number of hydrogen-bond acceptors (Lipinski definition) is 5. The Hall–Kier alpha value is -1.58. The van der Waals surface area contributed by atoms with E-state index in [1.54, 1.807) is 0 Å². The third-order valence-electron chi connectivity index (χ3n) is 3.61. The van der Waals surface area contributed by atoms with Crippen LogP contribution in [0.4, 0.5) is 5.69 Å². The lowest BCUT2D eigenvalue weighted by molar-refractivity contribution is -0.113. The average Bonchev–Trinajstić information content (AvgIpc) is 3.19. The minimum absolute atomic E-state index is 0.0359. The van der Waals surface area contributed by atoms with Gasteiger partial charge in [-0.25, -0.2) is 9.89 Å². The van der Waals surface area contributed by atoms with Crippen molar-refractivity contribution in [1.82, 2.24) is 14.8 Å². The summed E-state index contributed by atoms with van der Waals surface area (Å²) in [5.74, 6) is 0.00274. The van der Waals surface area contributed by atoms with Crippen LogP contribution < -0.4 is 11.0 Å². The van der Waals surface area contributed by atoms with E-state index in [-0.39, 0.29) is 23.5 Å². The highest BCUT2D eigenvalue weighted by Gasteiger charge is 2.20. The van der Waals surface area contributed by atoms with Crippen molar-refractivity contribution < 1.29 is 9.53 Å². The SMILES string of the molecule is O=C(CSc1n[nH]c(=O)n1C[C@@H]1CCCO1)Nc1ccccc1Br. The van der Waals surface area contributed by atoms with Crippen molar-refractivity contribution in [3.8, 4) is 0 Å². The van der Waals surface area contributed by atoms with Crippen LogP contribution in [-0.4, -0.2) is 39.1 Å². The van der Waals surface area contributed by atoms with Gasteiger partial charge in [0.2, 0.25) is 5.91 Å². The van der Waals surface area contributed by atoms with Crippen molar-refractivity contribution in [3.05, 3.63) is 39.2 Å². The molecule has 0 saturated carbocycles. The van der Waals surface area contributed by atoms with Crippen LogP contribution in [0.3, 0.4) is 0 Å². The molecule has 1 atom stereocenters. The van der Waals surface area contributed by atoms with Crippen LogP contribution in [-0.2, 0) is 16.1 Å². The van der Waals surface area contributed by atoms with Gasteiger partial charge in [-0.05, 0) is 40.9 Å². The first kappa shape index (κ1) is 17.2. The fourth-order valence-corrected chi connectivity index (χ4v) is 3.59. The van der Waals surface area contributed by atoms with E-state index in [4.69, 9.17) is 4.74 Å². The summed E-state index contributed by atoms with van der Waals surface area (Å²) in [6.45, 7) is 1.19. The zero-order valence-electron chi connectivity index (χ0n) is 12.8. The second-order valence-electron chi connectivity index (χ2n) is 5.37. The molecule has 1 saturated heterocycles. The Morgan fingerprint density at radius 3 is 3.08 bits per heavy atom. The first-order valence-corrected chi connectivity index (χ1v) is 9.35. The minimum Gasteiger partial charge on any atom is -0.376 e. The van der Waals surface area contributed by atoms with Gasteiger partial charge < -0.3 is 10.1 Å². The summed E-state index contributed by atoms with van der Waals surface area (Å²) < 4.78 is 7.91. The largest absolute Gasteiger partial charge is 0.376 e. The second kappa shape index (κ2) is 8.00. The molecule has 3 rings (SSSR count). The van der Waals surface area contributed by atoms with E-state index in [9.17, 15) is 9.59 Å². The number of amides is 1. The molecule has 1 fully saturated rings. The van der Waals surface area contributed by atoms with E-state index >= 15 is 0 Å². The van der Waals surface area contributed by atoms with Crippen LogP contribution in [0.25, 0.3) is 0 Å². The van der Waals surface area contributed by atoms with Gasteiger partial charge in [0.1, 0.15) is 0 Å². The zero-order valence-corrected chi connectivity index (χ0v) is 15.2. The summed E-state index contributed by atoms with van der Waals surface area (Å²) in [5.41, 5.74) is 0.432. The van der Waals surface area contributed by atoms with Gasteiger partial charge in [0.15, 0.2) is 5.16 Å². The third kappa shape index (κ3) is 4.28. The molecular formula is C15H17BrN4O3S. The molecule has 1 aliphatic rings. The Morgan fingerprint density at radius 1 is 1.50 bits per heavy atom. The number of benzene rings is 1. The molecule has 0 spiro atoms. The molecule has 0 unspecified atom stereocenters. The van der Waals surface area contributed by atoms with Crippen LogP contribution in [0, 0.1) is 0 Å². The Morgan fingerprint density at radius 2 is 2.33 bits per heavy atom. The lowest BCUT2D eigenvalue weighted by Gasteiger charge is -2.11. The van der Waals surface area contributed by atoms with Crippen LogP contribution >= 0.6 is 27.7 Å². The van der Waals surface area contributed by atoms with Gasteiger partial charge in [-0.15, -0.1) is 5.10 Å². The van der Waals surface area contributed by atoms with Gasteiger partial charge in [0.05, 0.1) is 24.1 Å². The molecule has 1 amide bonds. The van der Waals surface area contributed by atoms with Crippen LogP contribution in [0.1, 0.15) is 12.8 Å². The molecule has 1 aromatic carbocycles. The molecule has 0 aliphatic carbocycles. The molecule has 7 nitrogen and oxygen atoms in total. The molecule has 2 N–H and O–H groups in total. The average molecular weight is 413 g/mol. The summed E-state index contributed by atoms with van der Waals surface area (Å²) >= 11 is 4.61. The maximum absolute atomic E-state index is 12.1. The number of H-pyrrole nitrogens is 1. The summed E-state index contributed by atoms with van der Waals surface area (Å²) in [4.78, 5) is 24.0. The Labute approximate surface area is 151 Å². The number of aromatic nitrogens is 3. The molecule has 2 aromatic rings. The van der Waals surface area contributed by atoms with Gasteiger partial charge in [-0.3, -0.25) is 9.36 Å². The van der Waals surface area contributed by atoms with E-state index in [1.165, 1.54) is 16.3 Å². The number of ether oxygens (including phenoxy) is 1. The molecule has 1 aromatic heterocycles. The van der Waals surface area contributed by atoms with Gasteiger partial charge in [0, 0.05) is 11.1 Å². The third-order valence-corrected chi connectivity index (χ3v) is 5.28. The molecular weight excluding hydrogens is 396 g/mol. The first-order chi connectivity index (χ1) is 11.6. The number of aromatic amines is 1. The predicted molar refractivity (Wildman–Crippen MR) is 95.3 cm³/mol. The highest BCUT2D eigenvalue weighted by atomic mass is 79.9. The van der Waals surface area contributed by atoms with E-state index in [0.717, 1.165) is 23.9 Å². The van der Waals surface area contributed by atoms with E-state index < -0.39 is 0 Å². The van der Waals surface area contributed by atoms with E-state index in [1.807, 2.05) is 24.3 Å². The number of rotatable bonds is 6. The van der Waals surface area contributed by atoms with Crippen LogP contribution in [0.15, 0.2) is 38.7 Å². The summed E-state index contributed by atoms with van der Waals surface area (Å²) in [6.07, 6.45) is 1.98. The highest BCUT2D eigenvalue weighted by molar-refractivity contribution is 9.10. The number of para-hydroxylation sites is 1. The van der Waals surface area contributed by atoms with Crippen molar-refractivity contribution in [2.45, 2.75) is 30.6 Å². The van der Waals surface area contributed by atoms with Gasteiger partial charge in [-0.1, -0.05) is 23.9 Å². The molecule has 9 heteroatoms. The maximum Gasteiger partial charge on any atom is 0.344 e. The van der Waals surface area contributed by atoms with E-state index in [2.05, 4.69) is 31.4 Å². The minimum atomic E-state index is -0.279. The summed E-state index contributed by atoms with van der Waals surface area (Å²) in [6, 6.07) is 7.40. The van der Waals surface area contributed by atoms with Crippen molar-refractivity contribution in [3.63, 3.8) is 0 Å². The quantitative estimate of drug-likeness (QED) is 0.710. The molecule has 24 heavy (non-hydrogen) atoms. The predicted octanol–water partition coefficient (Wildman–Crippen LogP) is 2.24. The molecule has 1 aliphatic heterocycles. The van der Waals surface area contributed by atoms with Gasteiger partial charge >= 0.3 is 5.69 Å².